The van der Waals surface area contributed by atoms with Gasteiger partial charge in [-0.05, 0) is 43.2 Å². The van der Waals surface area contributed by atoms with Gasteiger partial charge in [0.15, 0.2) is 11.7 Å². The smallest absolute Gasteiger partial charge is 0.291 e. The largest absolute Gasteiger partial charge is 0.459 e. The Morgan fingerprint density at radius 3 is 2.93 bits per heavy atom. The molecule has 7 nitrogen and oxygen atoms in total. The van der Waals surface area contributed by atoms with Gasteiger partial charge in [-0.15, -0.1) is 0 Å². The first-order valence-corrected chi connectivity index (χ1v) is 9.66. The van der Waals surface area contributed by atoms with Crippen molar-refractivity contribution in [3.05, 3.63) is 54.0 Å². The Morgan fingerprint density at radius 2 is 2.21 bits per heavy atom. The van der Waals surface area contributed by atoms with E-state index in [0.29, 0.717) is 12.5 Å². The number of amides is 1. The van der Waals surface area contributed by atoms with Crippen LogP contribution in [0.3, 0.4) is 0 Å². The lowest BCUT2D eigenvalue weighted by molar-refractivity contribution is 0.0996. The molecule has 0 radical (unpaired) electrons. The van der Waals surface area contributed by atoms with E-state index in [-0.39, 0.29) is 11.7 Å². The summed E-state index contributed by atoms with van der Waals surface area (Å²) in [5.41, 5.74) is 1.74. The Hall–Kier alpha value is -2.80. The van der Waals surface area contributed by atoms with E-state index in [9.17, 15) is 4.79 Å². The lowest BCUT2D eigenvalue weighted by atomic mass is 10.1. The predicted octanol–water partition coefficient (Wildman–Crippen LogP) is 2.97. The number of carbonyl (C=O) groups is 1. The highest BCUT2D eigenvalue weighted by atomic mass is 16.5. The van der Waals surface area contributed by atoms with Gasteiger partial charge >= 0.3 is 0 Å². The summed E-state index contributed by atoms with van der Waals surface area (Å²) in [4.78, 5) is 19.0. The van der Waals surface area contributed by atoms with E-state index in [4.69, 9.17) is 14.1 Å². The number of ether oxygens (including phenoxy) is 1. The maximum absolute atomic E-state index is 12.1. The molecule has 2 heterocycles. The number of hydrogen-bond donors (Lipinski definition) is 2. The number of rotatable bonds is 7. The first kappa shape index (κ1) is 19.9. The highest BCUT2D eigenvalue weighted by molar-refractivity contribution is 6.02. The van der Waals surface area contributed by atoms with Crippen LogP contribution in [0.25, 0.3) is 0 Å². The van der Waals surface area contributed by atoms with E-state index in [0.717, 1.165) is 49.9 Å². The zero-order chi connectivity index (χ0) is 19.8. The zero-order valence-corrected chi connectivity index (χ0v) is 16.5. The van der Waals surface area contributed by atoms with Gasteiger partial charge in [-0.1, -0.05) is 12.1 Å². The number of guanidine groups is 1. The van der Waals surface area contributed by atoms with E-state index < -0.39 is 0 Å². The summed E-state index contributed by atoms with van der Waals surface area (Å²) < 4.78 is 10.6. The molecule has 2 N–H and O–H groups in total. The first-order valence-electron chi connectivity index (χ1n) is 9.66. The molecule has 1 aliphatic rings. The number of hydrogen-bond acceptors (Lipinski definition) is 4. The van der Waals surface area contributed by atoms with Crippen LogP contribution in [0, 0.1) is 5.92 Å². The molecule has 3 rings (SSSR count). The second-order valence-electron chi connectivity index (χ2n) is 6.91. The van der Waals surface area contributed by atoms with E-state index in [1.165, 1.54) is 6.26 Å². The highest BCUT2D eigenvalue weighted by Crippen LogP contribution is 2.15. The third kappa shape index (κ3) is 5.60. The monoisotopic (exact) mass is 384 g/mol. The second kappa shape index (κ2) is 9.94. The number of carbonyl (C=O) groups excluding carboxylic acids is 1. The third-order valence-electron chi connectivity index (χ3n) is 4.59. The third-order valence-corrected chi connectivity index (χ3v) is 4.59. The van der Waals surface area contributed by atoms with Crippen molar-refractivity contribution in [2.75, 3.05) is 38.7 Å². The van der Waals surface area contributed by atoms with Gasteiger partial charge in [0.1, 0.15) is 0 Å². The second-order valence-corrected chi connectivity index (χ2v) is 6.91. The molecule has 1 amide bonds. The molecule has 0 saturated carbocycles. The quantitative estimate of drug-likeness (QED) is 0.567. The number of benzene rings is 1. The van der Waals surface area contributed by atoms with Crippen LogP contribution in [0.15, 0.2) is 52.1 Å². The molecular formula is C21H28N4O3. The van der Waals surface area contributed by atoms with Crippen molar-refractivity contribution in [3.63, 3.8) is 0 Å². The topological polar surface area (TPSA) is 79.1 Å². The van der Waals surface area contributed by atoms with Crippen LogP contribution in [0.5, 0.6) is 0 Å². The molecule has 7 heteroatoms. The van der Waals surface area contributed by atoms with E-state index in [1.54, 1.807) is 12.1 Å². The summed E-state index contributed by atoms with van der Waals surface area (Å²) in [6.45, 7) is 5.99. The fourth-order valence-corrected chi connectivity index (χ4v) is 3.18. The van der Waals surface area contributed by atoms with Gasteiger partial charge in [0.25, 0.3) is 5.91 Å². The molecule has 1 unspecified atom stereocenters. The summed E-state index contributed by atoms with van der Waals surface area (Å²) in [5.74, 6) is 1.45. The molecule has 1 aromatic carbocycles. The first-order chi connectivity index (χ1) is 13.7. The standard InChI is InChI=1S/C21H28N4O3/c1-3-22-21(25(2)14-17-9-11-27-15-17)23-13-16-6-4-7-18(12-16)24-20(26)19-8-5-10-28-19/h4-8,10,12,17H,3,9,11,13-15H2,1-2H3,(H,22,23)(H,24,26). The number of nitrogens with zero attached hydrogens (tertiary/aromatic N) is 2. The molecule has 150 valence electrons. The molecule has 1 aliphatic heterocycles. The summed E-state index contributed by atoms with van der Waals surface area (Å²) in [7, 11) is 2.06. The van der Waals surface area contributed by atoms with Gasteiger partial charge in [0.05, 0.1) is 19.4 Å². The van der Waals surface area contributed by atoms with E-state index in [1.807, 2.05) is 24.3 Å². The van der Waals surface area contributed by atoms with E-state index in [2.05, 4.69) is 29.5 Å². The molecule has 1 atom stereocenters. The fraction of sp³-hybridized carbons (Fsp3) is 0.429. The van der Waals surface area contributed by atoms with Crippen LogP contribution < -0.4 is 10.6 Å². The SMILES string of the molecule is CCNC(=NCc1cccc(NC(=O)c2ccco2)c1)N(C)CC1CCOC1. The fourth-order valence-electron chi connectivity index (χ4n) is 3.18. The maximum atomic E-state index is 12.1. The molecule has 0 bridgehead atoms. The van der Waals surface area contributed by atoms with Crippen molar-refractivity contribution < 1.29 is 13.9 Å². The normalized spacial score (nSPS) is 16.8. The Labute approximate surface area is 165 Å². The summed E-state index contributed by atoms with van der Waals surface area (Å²) in [6.07, 6.45) is 2.58. The number of aliphatic imine (C=N–C) groups is 1. The maximum Gasteiger partial charge on any atom is 0.291 e. The van der Waals surface area contributed by atoms with Crippen LogP contribution in [0.4, 0.5) is 5.69 Å². The molecule has 1 saturated heterocycles. The average molecular weight is 384 g/mol. The van der Waals surface area contributed by atoms with Gasteiger partial charge in [-0.3, -0.25) is 4.79 Å². The highest BCUT2D eigenvalue weighted by Gasteiger charge is 2.19. The average Bonchev–Trinajstić information content (AvgIpc) is 3.39. The van der Waals surface area contributed by atoms with Gasteiger partial charge in [-0.2, -0.15) is 0 Å². The minimum absolute atomic E-state index is 0.266. The Morgan fingerprint density at radius 1 is 1.32 bits per heavy atom. The molecule has 2 aromatic rings. The number of furan rings is 1. The summed E-state index contributed by atoms with van der Waals surface area (Å²) in [6, 6.07) is 11.0. The van der Waals surface area contributed by atoms with Crippen molar-refractivity contribution in [3.8, 4) is 0 Å². The van der Waals surface area contributed by atoms with E-state index >= 15 is 0 Å². The van der Waals surface area contributed by atoms with Gasteiger partial charge in [0, 0.05) is 38.3 Å². The van der Waals surface area contributed by atoms with Crippen molar-refractivity contribution in [1.82, 2.24) is 10.2 Å². The Balaban J connectivity index is 1.62. The summed E-state index contributed by atoms with van der Waals surface area (Å²) in [5, 5.41) is 6.19. The van der Waals surface area contributed by atoms with Crippen molar-refractivity contribution in [1.29, 1.82) is 0 Å². The lowest BCUT2D eigenvalue weighted by Crippen LogP contribution is -2.41. The Bertz CT molecular complexity index is 783. The van der Waals surface area contributed by atoms with Crippen LogP contribution in [-0.2, 0) is 11.3 Å². The molecule has 1 aromatic heterocycles. The van der Waals surface area contributed by atoms with Crippen molar-refractivity contribution >= 4 is 17.6 Å². The van der Waals surface area contributed by atoms with Gasteiger partial charge < -0.3 is 24.7 Å². The van der Waals surface area contributed by atoms with Crippen LogP contribution in [-0.4, -0.2) is 50.1 Å². The zero-order valence-electron chi connectivity index (χ0n) is 16.5. The molecule has 0 aliphatic carbocycles. The van der Waals surface area contributed by atoms with Crippen molar-refractivity contribution in [2.24, 2.45) is 10.9 Å². The minimum Gasteiger partial charge on any atom is -0.459 e. The van der Waals surface area contributed by atoms with Crippen LogP contribution in [0.1, 0.15) is 29.5 Å². The Kier molecular flexibility index (Phi) is 7.08. The summed E-state index contributed by atoms with van der Waals surface area (Å²) >= 11 is 0. The van der Waals surface area contributed by atoms with Crippen LogP contribution in [0.2, 0.25) is 0 Å². The number of anilines is 1. The molecule has 0 spiro atoms. The lowest BCUT2D eigenvalue weighted by Gasteiger charge is -2.24. The molecular weight excluding hydrogens is 356 g/mol. The van der Waals surface area contributed by atoms with Gasteiger partial charge in [0.2, 0.25) is 0 Å². The molecule has 1 fully saturated rings. The predicted molar refractivity (Wildman–Crippen MR) is 109 cm³/mol. The molecule has 28 heavy (non-hydrogen) atoms. The van der Waals surface area contributed by atoms with Gasteiger partial charge in [-0.25, -0.2) is 4.99 Å². The van der Waals surface area contributed by atoms with Crippen LogP contribution >= 0.6 is 0 Å². The minimum atomic E-state index is -0.266. The number of nitrogens with one attached hydrogen (secondary N) is 2. The van der Waals surface area contributed by atoms with Crippen molar-refractivity contribution in [2.45, 2.75) is 19.9 Å².